The van der Waals surface area contributed by atoms with Crippen molar-refractivity contribution < 1.29 is 9.90 Å². The summed E-state index contributed by atoms with van der Waals surface area (Å²) < 4.78 is 1.39. The van der Waals surface area contributed by atoms with Gasteiger partial charge in [-0.1, -0.05) is 38.0 Å². The molecule has 1 amide bonds. The summed E-state index contributed by atoms with van der Waals surface area (Å²) in [6.45, 7) is 4.64. The highest BCUT2D eigenvalue weighted by molar-refractivity contribution is 6.04. The van der Waals surface area contributed by atoms with Gasteiger partial charge in [-0.05, 0) is 25.8 Å². The first-order valence-corrected chi connectivity index (χ1v) is 8.50. The van der Waals surface area contributed by atoms with Gasteiger partial charge in [0.05, 0.1) is 11.5 Å². The molecule has 130 valence electrons. The van der Waals surface area contributed by atoms with Crippen LogP contribution < -0.4 is 10.9 Å². The van der Waals surface area contributed by atoms with Crippen molar-refractivity contribution in [3.63, 3.8) is 0 Å². The van der Waals surface area contributed by atoms with E-state index in [1.54, 1.807) is 31.2 Å². The number of rotatable bonds is 8. The summed E-state index contributed by atoms with van der Waals surface area (Å²) in [5.74, 6) is -0.323. The zero-order valence-electron chi connectivity index (χ0n) is 14.3. The normalized spacial score (nSPS) is 12.3. The number of benzene rings is 1. The number of hydrogen-bond donors (Lipinski definition) is 2. The molecule has 2 aromatic rings. The van der Waals surface area contributed by atoms with Crippen molar-refractivity contribution in [3.05, 3.63) is 40.3 Å². The van der Waals surface area contributed by atoms with Crippen LogP contribution in [-0.2, 0) is 6.54 Å². The molecule has 0 saturated heterocycles. The lowest BCUT2D eigenvalue weighted by molar-refractivity contribution is 0.0940. The maximum Gasteiger partial charge on any atom is 0.274 e. The third-order valence-corrected chi connectivity index (χ3v) is 3.90. The first-order valence-electron chi connectivity index (χ1n) is 8.50. The van der Waals surface area contributed by atoms with E-state index in [1.165, 1.54) is 4.68 Å². The second kappa shape index (κ2) is 8.59. The van der Waals surface area contributed by atoms with Gasteiger partial charge in [0.25, 0.3) is 11.5 Å². The molecule has 0 bridgehead atoms. The Hall–Kier alpha value is -2.21. The summed E-state index contributed by atoms with van der Waals surface area (Å²) in [7, 11) is 0. The first-order chi connectivity index (χ1) is 11.5. The molecule has 6 heteroatoms. The Morgan fingerprint density at radius 2 is 2.00 bits per heavy atom. The van der Waals surface area contributed by atoms with Gasteiger partial charge >= 0.3 is 0 Å². The third kappa shape index (κ3) is 4.41. The number of aliphatic hydroxyl groups is 1. The van der Waals surface area contributed by atoms with Crippen LogP contribution in [0.3, 0.4) is 0 Å². The maximum absolute atomic E-state index is 12.5. The van der Waals surface area contributed by atoms with E-state index in [0.29, 0.717) is 30.3 Å². The topological polar surface area (TPSA) is 84.2 Å². The highest BCUT2D eigenvalue weighted by Gasteiger charge is 2.16. The molecule has 0 radical (unpaired) electrons. The molecule has 0 saturated carbocycles. The Morgan fingerprint density at radius 3 is 2.67 bits per heavy atom. The van der Waals surface area contributed by atoms with E-state index in [-0.39, 0.29) is 17.2 Å². The molecule has 1 heterocycles. The number of fused-ring (bicyclic) bond motifs is 1. The molecule has 1 unspecified atom stereocenters. The Kier molecular flexibility index (Phi) is 6.49. The summed E-state index contributed by atoms with van der Waals surface area (Å²) >= 11 is 0. The average Bonchev–Trinajstić information content (AvgIpc) is 2.56. The number of aryl methyl sites for hydroxylation is 1. The number of nitrogens with zero attached hydrogens (tertiary/aromatic N) is 2. The molecule has 0 aliphatic carbocycles. The molecular formula is C18H25N3O3. The number of aliphatic hydroxyl groups excluding tert-OH is 1. The highest BCUT2D eigenvalue weighted by atomic mass is 16.3. The summed E-state index contributed by atoms with van der Waals surface area (Å²) in [5, 5.41) is 17.4. The van der Waals surface area contributed by atoms with Crippen molar-refractivity contribution in [1.82, 2.24) is 15.1 Å². The molecule has 2 N–H and O–H groups in total. The zero-order valence-corrected chi connectivity index (χ0v) is 14.3. The molecule has 24 heavy (non-hydrogen) atoms. The average molecular weight is 331 g/mol. The molecule has 6 nitrogen and oxygen atoms in total. The van der Waals surface area contributed by atoms with E-state index >= 15 is 0 Å². The fourth-order valence-corrected chi connectivity index (χ4v) is 2.54. The van der Waals surface area contributed by atoms with Gasteiger partial charge in [-0.3, -0.25) is 9.59 Å². The molecule has 2 rings (SSSR count). The number of carbonyl (C=O) groups is 1. The molecule has 0 aliphatic rings. The van der Waals surface area contributed by atoms with Crippen LogP contribution in [-0.4, -0.2) is 33.4 Å². The van der Waals surface area contributed by atoms with Gasteiger partial charge in [-0.15, -0.1) is 0 Å². The summed E-state index contributed by atoms with van der Waals surface area (Å²) in [5.41, 5.74) is 0.0922. The highest BCUT2D eigenvalue weighted by Crippen LogP contribution is 2.13. The predicted molar refractivity (Wildman–Crippen MR) is 94.2 cm³/mol. The number of hydrogen-bond acceptors (Lipinski definition) is 4. The minimum Gasteiger partial charge on any atom is -0.393 e. The first kappa shape index (κ1) is 18.1. The lowest BCUT2D eigenvalue weighted by atomic mass is 10.1. The molecule has 0 fully saturated rings. The Balaban J connectivity index is 2.34. The Morgan fingerprint density at radius 1 is 1.29 bits per heavy atom. The second-order valence-corrected chi connectivity index (χ2v) is 6.02. The van der Waals surface area contributed by atoms with Crippen LogP contribution in [0, 0.1) is 0 Å². The van der Waals surface area contributed by atoms with Crippen LogP contribution in [0.15, 0.2) is 29.1 Å². The smallest absolute Gasteiger partial charge is 0.274 e. The van der Waals surface area contributed by atoms with E-state index in [2.05, 4.69) is 17.3 Å². The molecule has 1 aromatic carbocycles. The van der Waals surface area contributed by atoms with E-state index in [1.807, 2.05) is 0 Å². The van der Waals surface area contributed by atoms with Crippen molar-refractivity contribution in [2.75, 3.05) is 6.54 Å². The lowest BCUT2D eigenvalue weighted by Gasteiger charge is -2.11. The van der Waals surface area contributed by atoms with Crippen LogP contribution in [0.25, 0.3) is 10.8 Å². The minimum absolute atomic E-state index is 0.165. The van der Waals surface area contributed by atoms with Crippen molar-refractivity contribution in [2.45, 2.75) is 52.2 Å². The number of amides is 1. The van der Waals surface area contributed by atoms with Crippen LogP contribution >= 0.6 is 0 Å². The monoisotopic (exact) mass is 331 g/mol. The van der Waals surface area contributed by atoms with Gasteiger partial charge in [0, 0.05) is 18.5 Å². The van der Waals surface area contributed by atoms with E-state index < -0.39 is 6.10 Å². The third-order valence-electron chi connectivity index (χ3n) is 3.90. The minimum atomic E-state index is -0.474. The summed E-state index contributed by atoms with van der Waals surface area (Å²) in [6, 6.07) is 7.04. The SMILES string of the molecule is CCCCCn1nc(C(=O)NCCC(C)O)c2ccccc2c1=O. The molecular weight excluding hydrogens is 306 g/mol. The zero-order chi connectivity index (χ0) is 17.5. The van der Waals surface area contributed by atoms with Gasteiger partial charge in [0.1, 0.15) is 0 Å². The van der Waals surface area contributed by atoms with E-state index in [0.717, 1.165) is 19.3 Å². The van der Waals surface area contributed by atoms with Crippen molar-refractivity contribution >= 4 is 16.7 Å². The number of aromatic nitrogens is 2. The van der Waals surface area contributed by atoms with Crippen molar-refractivity contribution in [1.29, 1.82) is 0 Å². The van der Waals surface area contributed by atoms with Gasteiger partial charge < -0.3 is 10.4 Å². The Bertz CT molecular complexity index is 753. The second-order valence-electron chi connectivity index (χ2n) is 6.02. The number of nitrogens with one attached hydrogen (secondary N) is 1. The maximum atomic E-state index is 12.5. The molecule has 0 aliphatic heterocycles. The van der Waals surface area contributed by atoms with Crippen molar-refractivity contribution in [2.24, 2.45) is 0 Å². The molecule has 1 aromatic heterocycles. The largest absolute Gasteiger partial charge is 0.393 e. The van der Waals surface area contributed by atoms with Crippen LogP contribution in [0.1, 0.15) is 50.0 Å². The van der Waals surface area contributed by atoms with Crippen LogP contribution in [0.2, 0.25) is 0 Å². The van der Waals surface area contributed by atoms with Gasteiger partial charge in [-0.25, -0.2) is 4.68 Å². The number of carbonyl (C=O) groups excluding carboxylic acids is 1. The van der Waals surface area contributed by atoms with Gasteiger partial charge in [0.2, 0.25) is 0 Å². The van der Waals surface area contributed by atoms with Crippen molar-refractivity contribution in [3.8, 4) is 0 Å². The fourth-order valence-electron chi connectivity index (χ4n) is 2.54. The molecule has 1 atom stereocenters. The summed E-state index contributed by atoms with van der Waals surface area (Å²) in [4.78, 5) is 25.0. The van der Waals surface area contributed by atoms with Crippen LogP contribution in [0.4, 0.5) is 0 Å². The molecule has 0 spiro atoms. The number of unbranched alkanes of at least 4 members (excludes halogenated alkanes) is 2. The van der Waals surface area contributed by atoms with E-state index in [9.17, 15) is 14.7 Å². The van der Waals surface area contributed by atoms with E-state index in [4.69, 9.17) is 0 Å². The van der Waals surface area contributed by atoms with Gasteiger partial charge in [0.15, 0.2) is 5.69 Å². The summed E-state index contributed by atoms with van der Waals surface area (Å²) in [6.07, 6.45) is 2.91. The standard InChI is InChI=1S/C18H25N3O3/c1-3-4-7-12-21-18(24)15-9-6-5-8-14(15)16(20-21)17(23)19-11-10-13(2)22/h5-6,8-9,13,22H,3-4,7,10-12H2,1-2H3,(H,19,23). The van der Waals surface area contributed by atoms with Crippen LogP contribution in [0.5, 0.6) is 0 Å². The lowest BCUT2D eigenvalue weighted by Crippen LogP contribution is -2.32. The predicted octanol–water partition coefficient (Wildman–Crippen LogP) is 2.09. The Labute approximate surface area is 141 Å². The quantitative estimate of drug-likeness (QED) is 0.726. The van der Waals surface area contributed by atoms with Gasteiger partial charge in [-0.2, -0.15) is 5.10 Å². The fraction of sp³-hybridized carbons (Fsp3) is 0.500.